The van der Waals surface area contributed by atoms with E-state index < -0.39 is 15.8 Å². The van der Waals surface area contributed by atoms with Crippen molar-refractivity contribution in [2.75, 3.05) is 25.5 Å². The first kappa shape index (κ1) is 24.1. The van der Waals surface area contributed by atoms with Crippen molar-refractivity contribution in [2.24, 2.45) is 0 Å². The Balaban J connectivity index is 1.64. The summed E-state index contributed by atoms with van der Waals surface area (Å²) in [6, 6.07) is 15.3. The van der Waals surface area contributed by atoms with Gasteiger partial charge in [0.1, 0.15) is 5.82 Å². The molecule has 0 saturated carbocycles. The summed E-state index contributed by atoms with van der Waals surface area (Å²) < 4.78 is 51.8. The largest absolute Gasteiger partial charge is 0.493 e. The molecule has 0 atom stereocenters. The minimum absolute atomic E-state index is 0.198. The van der Waals surface area contributed by atoms with Gasteiger partial charge in [-0.3, -0.25) is 9.52 Å². The number of nitrogens with one attached hydrogen (secondary N) is 2. The molecule has 33 heavy (non-hydrogen) atoms. The molecular weight excluding hydrogens is 447 g/mol. The molecule has 3 rings (SSSR count). The zero-order valence-corrected chi connectivity index (χ0v) is 19.3. The number of carbonyl (C=O) groups excluding carboxylic acids is 1. The van der Waals surface area contributed by atoms with Gasteiger partial charge in [0.25, 0.3) is 15.9 Å². The van der Waals surface area contributed by atoms with Gasteiger partial charge in [-0.15, -0.1) is 0 Å². The average Bonchev–Trinajstić information content (AvgIpc) is 2.80. The van der Waals surface area contributed by atoms with Crippen LogP contribution in [0, 0.1) is 12.7 Å². The van der Waals surface area contributed by atoms with Crippen molar-refractivity contribution < 1.29 is 27.1 Å². The lowest BCUT2D eigenvalue weighted by molar-refractivity contribution is 0.0954. The smallest absolute Gasteiger partial charge is 0.261 e. The predicted octanol–water partition coefficient (Wildman–Crippen LogP) is 3.92. The first-order valence-corrected chi connectivity index (χ1v) is 11.6. The molecule has 0 unspecified atom stereocenters. The molecule has 9 heteroatoms. The van der Waals surface area contributed by atoms with Gasteiger partial charge < -0.3 is 14.8 Å². The summed E-state index contributed by atoms with van der Waals surface area (Å²) in [5, 5.41) is 2.81. The summed E-state index contributed by atoms with van der Waals surface area (Å²) >= 11 is 0. The lowest BCUT2D eigenvalue weighted by Crippen LogP contribution is -2.25. The SMILES string of the molecule is COc1ccc(CCNC(=O)c2cccc(NS(=O)(=O)c3ccc(C)c(F)c3)c2)cc1OC. The Bertz CT molecular complexity index is 1260. The topological polar surface area (TPSA) is 93.7 Å². The van der Waals surface area contributed by atoms with Crippen LogP contribution in [0.15, 0.2) is 65.6 Å². The summed E-state index contributed by atoms with van der Waals surface area (Å²) in [4.78, 5) is 12.3. The van der Waals surface area contributed by atoms with E-state index in [1.807, 2.05) is 12.1 Å². The number of benzene rings is 3. The Kier molecular flexibility index (Phi) is 7.55. The Hall–Kier alpha value is -3.59. The first-order chi connectivity index (χ1) is 15.7. The normalized spacial score (nSPS) is 11.0. The third-order valence-corrected chi connectivity index (χ3v) is 6.36. The van der Waals surface area contributed by atoms with Crippen LogP contribution in [0.3, 0.4) is 0 Å². The first-order valence-electron chi connectivity index (χ1n) is 10.1. The minimum atomic E-state index is -4.00. The molecule has 0 aliphatic rings. The van der Waals surface area contributed by atoms with Gasteiger partial charge in [0, 0.05) is 17.8 Å². The highest BCUT2D eigenvalue weighted by Gasteiger charge is 2.17. The van der Waals surface area contributed by atoms with E-state index in [0.717, 1.165) is 11.6 Å². The number of carbonyl (C=O) groups is 1. The number of amides is 1. The number of rotatable bonds is 9. The fraction of sp³-hybridized carbons (Fsp3) is 0.208. The summed E-state index contributed by atoms with van der Waals surface area (Å²) in [5.41, 5.74) is 1.79. The van der Waals surface area contributed by atoms with Crippen LogP contribution >= 0.6 is 0 Å². The number of aryl methyl sites for hydroxylation is 1. The molecule has 0 saturated heterocycles. The molecule has 3 aromatic carbocycles. The van der Waals surface area contributed by atoms with Gasteiger partial charge in [0.05, 0.1) is 19.1 Å². The Labute approximate surface area is 192 Å². The number of methoxy groups -OCH3 is 2. The van der Waals surface area contributed by atoms with E-state index in [4.69, 9.17) is 9.47 Å². The highest BCUT2D eigenvalue weighted by Crippen LogP contribution is 2.27. The Morgan fingerprint density at radius 2 is 1.73 bits per heavy atom. The lowest BCUT2D eigenvalue weighted by Gasteiger charge is -2.11. The van der Waals surface area contributed by atoms with Crippen molar-refractivity contribution >= 4 is 21.6 Å². The van der Waals surface area contributed by atoms with E-state index in [1.54, 1.807) is 39.3 Å². The van der Waals surface area contributed by atoms with Crippen LogP contribution in [0.4, 0.5) is 10.1 Å². The predicted molar refractivity (Wildman–Crippen MR) is 124 cm³/mol. The van der Waals surface area contributed by atoms with E-state index >= 15 is 0 Å². The Morgan fingerprint density at radius 3 is 2.42 bits per heavy atom. The molecule has 2 N–H and O–H groups in total. The van der Waals surface area contributed by atoms with Gasteiger partial charge in [0.15, 0.2) is 11.5 Å². The zero-order chi connectivity index (χ0) is 24.0. The molecular formula is C24H25FN2O5S. The zero-order valence-electron chi connectivity index (χ0n) is 18.5. The van der Waals surface area contributed by atoms with E-state index in [2.05, 4.69) is 10.0 Å². The maximum absolute atomic E-state index is 13.8. The van der Waals surface area contributed by atoms with Crippen LogP contribution in [-0.4, -0.2) is 35.1 Å². The average molecular weight is 473 g/mol. The van der Waals surface area contributed by atoms with E-state index in [0.29, 0.717) is 30.0 Å². The number of sulfonamides is 1. The fourth-order valence-electron chi connectivity index (χ4n) is 3.14. The molecule has 0 aliphatic heterocycles. The molecule has 0 aliphatic carbocycles. The quantitative estimate of drug-likeness (QED) is 0.492. The van der Waals surface area contributed by atoms with Gasteiger partial charge >= 0.3 is 0 Å². The standard InChI is InChI=1S/C24H25FN2O5S/c1-16-7-9-20(15-21(16)25)33(29,30)27-19-6-4-5-18(14-19)24(28)26-12-11-17-8-10-22(31-2)23(13-17)32-3/h4-10,13-15,27H,11-12H2,1-3H3,(H,26,28). The molecule has 7 nitrogen and oxygen atoms in total. The second kappa shape index (κ2) is 10.4. The van der Waals surface area contributed by atoms with Crippen molar-refractivity contribution in [1.82, 2.24) is 5.32 Å². The molecule has 3 aromatic rings. The van der Waals surface area contributed by atoms with E-state index in [9.17, 15) is 17.6 Å². The van der Waals surface area contributed by atoms with Crippen LogP contribution in [0.25, 0.3) is 0 Å². The van der Waals surface area contributed by atoms with Crippen LogP contribution in [-0.2, 0) is 16.4 Å². The van der Waals surface area contributed by atoms with Crippen molar-refractivity contribution in [1.29, 1.82) is 0 Å². The van der Waals surface area contributed by atoms with Crippen molar-refractivity contribution in [3.8, 4) is 11.5 Å². The third-order valence-electron chi connectivity index (χ3n) is 4.98. The van der Waals surface area contributed by atoms with Crippen molar-refractivity contribution in [2.45, 2.75) is 18.2 Å². The third kappa shape index (κ3) is 6.01. The highest BCUT2D eigenvalue weighted by atomic mass is 32.2. The number of ether oxygens (including phenoxy) is 2. The molecule has 0 aromatic heterocycles. The molecule has 0 fully saturated rings. The van der Waals surface area contributed by atoms with Gasteiger partial charge in [-0.25, -0.2) is 12.8 Å². The molecule has 0 heterocycles. The van der Waals surface area contributed by atoms with Gasteiger partial charge in [-0.1, -0.05) is 18.2 Å². The van der Waals surface area contributed by atoms with Crippen LogP contribution in [0.5, 0.6) is 11.5 Å². The van der Waals surface area contributed by atoms with Gasteiger partial charge in [0.2, 0.25) is 0 Å². The molecule has 0 spiro atoms. The number of hydrogen-bond acceptors (Lipinski definition) is 5. The van der Waals surface area contributed by atoms with Crippen molar-refractivity contribution in [3.63, 3.8) is 0 Å². The highest BCUT2D eigenvalue weighted by molar-refractivity contribution is 7.92. The van der Waals surface area contributed by atoms with Crippen molar-refractivity contribution in [3.05, 3.63) is 83.2 Å². The molecule has 174 valence electrons. The summed E-state index contributed by atoms with van der Waals surface area (Å²) in [7, 11) is -0.888. The number of hydrogen-bond donors (Lipinski definition) is 2. The summed E-state index contributed by atoms with van der Waals surface area (Å²) in [6.07, 6.45) is 0.567. The van der Waals surface area contributed by atoms with Crippen LogP contribution in [0.2, 0.25) is 0 Å². The molecule has 0 radical (unpaired) electrons. The summed E-state index contributed by atoms with van der Waals surface area (Å²) in [6.45, 7) is 1.92. The minimum Gasteiger partial charge on any atom is -0.493 e. The van der Waals surface area contributed by atoms with Crippen LogP contribution < -0.4 is 19.5 Å². The van der Waals surface area contributed by atoms with Gasteiger partial charge in [-0.2, -0.15) is 0 Å². The number of anilines is 1. The van der Waals surface area contributed by atoms with E-state index in [-0.39, 0.29) is 22.1 Å². The Morgan fingerprint density at radius 1 is 0.970 bits per heavy atom. The lowest BCUT2D eigenvalue weighted by atomic mass is 10.1. The molecule has 0 bridgehead atoms. The van der Waals surface area contributed by atoms with E-state index in [1.165, 1.54) is 24.3 Å². The number of halogens is 1. The van der Waals surface area contributed by atoms with Gasteiger partial charge in [-0.05, 0) is 66.9 Å². The fourth-order valence-corrected chi connectivity index (χ4v) is 4.20. The second-order valence-electron chi connectivity index (χ2n) is 7.29. The molecule has 1 amide bonds. The maximum atomic E-state index is 13.8. The maximum Gasteiger partial charge on any atom is 0.261 e. The van der Waals surface area contributed by atoms with Crippen LogP contribution in [0.1, 0.15) is 21.5 Å². The summed E-state index contributed by atoms with van der Waals surface area (Å²) in [5.74, 6) is 0.270. The monoisotopic (exact) mass is 472 g/mol. The second-order valence-corrected chi connectivity index (χ2v) is 8.97.